The van der Waals surface area contributed by atoms with Crippen molar-refractivity contribution in [3.63, 3.8) is 0 Å². The SMILES string of the molecule is CCCC(N[SH+]C(C)(C)C)c1cccc(Cl)c1. The van der Waals surface area contributed by atoms with Gasteiger partial charge in [-0.15, -0.1) is 4.72 Å². The van der Waals surface area contributed by atoms with Crippen LogP contribution < -0.4 is 4.72 Å². The lowest BCUT2D eigenvalue weighted by Crippen LogP contribution is -2.30. The van der Waals surface area contributed by atoms with E-state index in [4.69, 9.17) is 11.6 Å². The molecule has 0 heterocycles. The Labute approximate surface area is 114 Å². The molecule has 1 rings (SSSR count). The molecule has 0 fully saturated rings. The molecule has 1 aromatic rings. The van der Waals surface area contributed by atoms with Crippen LogP contribution in [0.3, 0.4) is 0 Å². The zero-order valence-electron chi connectivity index (χ0n) is 11.1. The second kappa shape index (κ2) is 6.67. The highest BCUT2D eigenvalue weighted by Gasteiger charge is 2.23. The smallest absolute Gasteiger partial charge is 0.133 e. The number of thiol groups is 1. The van der Waals surface area contributed by atoms with Crippen molar-refractivity contribution < 1.29 is 0 Å². The van der Waals surface area contributed by atoms with Gasteiger partial charge in [-0.3, -0.25) is 0 Å². The summed E-state index contributed by atoms with van der Waals surface area (Å²) in [5, 5.41) is 0.817. The maximum atomic E-state index is 6.05. The molecule has 0 aliphatic heterocycles. The van der Waals surface area contributed by atoms with Crippen molar-refractivity contribution in [1.29, 1.82) is 0 Å². The van der Waals surface area contributed by atoms with Gasteiger partial charge in [0.1, 0.15) is 4.75 Å². The molecule has 1 N–H and O–H groups in total. The van der Waals surface area contributed by atoms with Gasteiger partial charge < -0.3 is 0 Å². The maximum absolute atomic E-state index is 6.05. The molecular weight excluding hydrogens is 250 g/mol. The third-order valence-corrected chi connectivity index (χ3v) is 3.73. The molecular formula is C14H23ClNS+. The van der Waals surface area contributed by atoms with E-state index in [0.29, 0.717) is 6.04 Å². The van der Waals surface area contributed by atoms with E-state index < -0.39 is 0 Å². The number of nitrogens with one attached hydrogen (secondary N) is 1. The first kappa shape index (κ1) is 14.9. The van der Waals surface area contributed by atoms with Gasteiger partial charge in [-0.2, -0.15) is 0 Å². The van der Waals surface area contributed by atoms with Gasteiger partial charge in [-0.25, -0.2) is 0 Å². The Morgan fingerprint density at radius 3 is 2.59 bits per heavy atom. The van der Waals surface area contributed by atoms with Crippen molar-refractivity contribution >= 4 is 23.5 Å². The normalized spacial score (nSPS) is 13.7. The van der Waals surface area contributed by atoms with E-state index in [1.54, 1.807) is 0 Å². The molecule has 0 saturated carbocycles. The van der Waals surface area contributed by atoms with Crippen LogP contribution in [0, 0.1) is 0 Å². The van der Waals surface area contributed by atoms with Gasteiger partial charge in [0.05, 0.1) is 18.0 Å². The summed E-state index contributed by atoms with van der Waals surface area (Å²) in [5.41, 5.74) is 1.29. The fourth-order valence-corrected chi connectivity index (χ4v) is 2.61. The fraction of sp³-hybridized carbons (Fsp3) is 0.571. The highest BCUT2D eigenvalue weighted by molar-refractivity contribution is 7.77. The first-order valence-electron chi connectivity index (χ1n) is 6.15. The molecule has 0 spiro atoms. The Kier molecular flexibility index (Phi) is 5.84. The van der Waals surface area contributed by atoms with E-state index >= 15 is 0 Å². The monoisotopic (exact) mass is 272 g/mol. The van der Waals surface area contributed by atoms with E-state index in [9.17, 15) is 0 Å². The highest BCUT2D eigenvalue weighted by atomic mass is 35.5. The van der Waals surface area contributed by atoms with E-state index in [0.717, 1.165) is 11.4 Å². The largest absolute Gasteiger partial charge is 0.136 e. The van der Waals surface area contributed by atoms with Crippen molar-refractivity contribution in [3.8, 4) is 0 Å². The Morgan fingerprint density at radius 2 is 2.06 bits per heavy atom. The van der Waals surface area contributed by atoms with Gasteiger partial charge >= 0.3 is 0 Å². The predicted molar refractivity (Wildman–Crippen MR) is 80.7 cm³/mol. The number of halogens is 1. The van der Waals surface area contributed by atoms with E-state index in [1.165, 1.54) is 23.9 Å². The van der Waals surface area contributed by atoms with Crippen LogP contribution in [0.4, 0.5) is 0 Å². The number of rotatable bonds is 5. The fourth-order valence-electron chi connectivity index (χ4n) is 1.59. The van der Waals surface area contributed by atoms with Gasteiger partial charge in [-0.05, 0) is 44.9 Å². The number of benzene rings is 1. The molecule has 1 aromatic carbocycles. The summed E-state index contributed by atoms with van der Waals surface area (Å²) in [6.45, 7) is 8.93. The van der Waals surface area contributed by atoms with Crippen molar-refractivity contribution in [3.05, 3.63) is 34.9 Å². The minimum atomic E-state index is 0.282. The maximum Gasteiger partial charge on any atom is 0.136 e. The lowest BCUT2D eigenvalue weighted by atomic mass is 10.0. The van der Waals surface area contributed by atoms with Gasteiger partial charge in [0.15, 0.2) is 0 Å². The van der Waals surface area contributed by atoms with E-state index in [1.807, 2.05) is 12.1 Å². The van der Waals surface area contributed by atoms with Gasteiger partial charge in [0, 0.05) is 5.02 Å². The molecule has 1 atom stereocenters. The lowest BCUT2D eigenvalue weighted by Gasteiger charge is -2.17. The second-order valence-corrected chi connectivity index (χ2v) is 7.57. The van der Waals surface area contributed by atoms with Crippen LogP contribution in [-0.2, 0) is 11.9 Å². The first-order chi connectivity index (χ1) is 7.92. The Bertz CT molecular complexity index is 346. The van der Waals surface area contributed by atoms with Gasteiger partial charge in [-0.1, -0.05) is 37.1 Å². The number of hydrogen-bond donors (Lipinski definition) is 1. The molecule has 0 saturated heterocycles. The average molecular weight is 273 g/mol. The zero-order chi connectivity index (χ0) is 12.9. The molecule has 0 aromatic heterocycles. The summed E-state index contributed by atoms with van der Waals surface area (Å²) in [6.07, 6.45) is 2.31. The van der Waals surface area contributed by atoms with E-state index in [-0.39, 0.29) is 4.75 Å². The number of hydrogen-bond acceptors (Lipinski definition) is 1. The summed E-state index contributed by atoms with van der Waals surface area (Å²) in [4.78, 5) is 0. The van der Waals surface area contributed by atoms with Crippen LogP contribution in [0.2, 0.25) is 5.02 Å². The summed E-state index contributed by atoms with van der Waals surface area (Å²) >= 11 is 7.32. The molecule has 17 heavy (non-hydrogen) atoms. The summed E-state index contributed by atoms with van der Waals surface area (Å²) in [6, 6.07) is 8.57. The Balaban J connectivity index is 2.71. The quantitative estimate of drug-likeness (QED) is 0.623. The van der Waals surface area contributed by atoms with Crippen LogP contribution in [0.15, 0.2) is 24.3 Å². The molecule has 0 bridgehead atoms. The lowest BCUT2D eigenvalue weighted by molar-refractivity contribution is 0.595. The second-order valence-electron chi connectivity index (χ2n) is 5.31. The van der Waals surface area contributed by atoms with Crippen molar-refractivity contribution in [2.75, 3.05) is 0 Å². The average Bonchev–Trinajstić information content (AvgIpc) is 2.23. The first-order valence-corrected chi connectivity index (χ1v) is 7.42. The topological polar surface area (TPSA) is 12.0 Å². The van der Waals surface area contributed by atoms with Gasteiger partial charge in [0.2, 0.25) is 0 Å². The predicted octanol–water partition coefficient (Wildman–Crippen LogP) is 4.30. The Hall–Kier alpha value is -0.180. The van der Waals surface area contributed by atoms with Crippen molar-refractivity contribution in [1.82, 2.24) is 4.72 Å². The van der Waals surface area contributed by atoms with Crippen LogP contribution in [-0.4, -0.2) is 4.75 Å². The molecule has 1 nitrogen and oxygen atoms in total. The van der Waals surface area contributed by atoms with Crippen molar-refractivity contribution in [2.24, 2.45) is 0 Å². The summed E-state index contributed by atoms with van der Waals surface area (Å²) in [7, 11) is 0. The third-order valence-electron chi connectivity index (χ3n) is 2.38. The summed E-state index contributed by atoms with van der Waals surface area (Å²) in [5.74, 6) is 0. The molecule has 0 radical (unpaired) electrons. The molecule has 0 amide bonds. The molecule has 0 aliphatic rings. The van der Waals surface area contributed by atoms with Crippen LogP contribution in [0.1, 0.15) is 52.1 Å². The molecule has 96 valence electrons. The van der Waals surface area contributed by atoms with Crippen LogP contribution >= 0.6 is 11.6 Å². The zero-order valence-corrected chi connectivity index (χ0v) is 12.8. The Morgan fingerprint density at radius 1 is 1.35 bits per heavy atom. The minimum absolute atomic E-state index is 0.282. The minimum Gasteiger partial charge on any atom is -0.133 e. The van der Waals surface area contributed by atoms with Gasteiger partial charge in [0.25, 0.3) is 0 Å². The van der Waals surface area contributed by atoms with Crippen molar-refractivity contribution in [2.45, 2.75) is 51.3 Å². The van der Waals surface area contributed by atoms with Crippen LogP contribution in [0.5, 0.6) is 0 Å². The third kappa shape index (κ3) is 5.80. The van der Waals surface area contributed by atoms with Crippen LogP contribution in [0.25, 0.3) is 0 Å². The summed E-state index contributed by atoms with van der Waals surface area (Å²) < 4.78 is 3.90. The molecule has 1 unspecified atom stereocenters. The molecule has 0 aliphatic carbocycles. The standard InChI is InChI=1S/C14H22ClNS/c1-5-7-13(16-17-14(2,3)4)11-8-6-9-12(15)10-11/h6,8-10,13,16H,5,7H2,1-4H3/p+1. The highest BCUT2D eigenvalue weighted by Crippen LogP contribution is 2.23. The van der Waals surface area contributed by atoms with E-state index in [2.05, 4.69) is 44.5 Å². The molecule has 3 heteroatoms.